The van der Waals surface area contributed by atoms with Crippen LogP contribution in [0.3, 0.4) is 0 Å². The van der Waals surface area contributed by atoms with E-state index in [2.05, 4.69) is 16.0 Å². The SMILES string of the molecule is CC(C)C[C@H](NC(=O)[C@H](CCc1ccccc1)NC(=O)CN1CCOCC1)C(=O)N[C@@H](Cc1ccccc1)C(=O)O.[Li]. The van der Waals surface area contributed by atoms with Gasteiger partial charge in [0.25, 0.3) is 0 Å². The predicted octanol–water partition coefficient (Wildman–Crippen LogP) is 1.40. The number of aryl methyl sites for hydroxylation is 1. The Hall–Kier alpha value is -3.16. The molecule has 10 nitrogen and oxygen atoms in total. The maximum Gasteiger partial charge on any atom is 0.326 e. The number of rotatable bonds is 15. The van der Waals surface area contributed by atoms with Crippen molar-refractivity contribution in [1.29, 1.82) is 0 Å². The minimum absolute atomic E-state index is 0. The summed E-state index contributed by atoms with van der Waals surface area (Å²) in [7, 11) is 0. The Morgan fingerprint density at radius 3 is 1.93 bits per heavy atom. The molecule has 3 rings (SSSR count). The maximum absolute atomic E-state index is 13.5. The van der Waals surface area contributed by atoms with Crippen LogP contribution in [0.2, 0.25) is 0 Å². The molecule has 4 N–H and O–H groups in total. The minimum atomic E-state index is -1.16. The standard InChI is InChI=1S/C31H42N4O6.Li/c1-22(2)19-26(30(38)34-27(31(39)40)20-24-11-7-4-8-12-24)33-29(37)25(14-13-23-9-5-3-6-10-23)32-28(36)21-35-15-17-41-18-16-35;/h3-12,22,25-27H,13-21H2,1-2H3,(H,32,36)(H,33,37)(H,34,38)(H,39,40);/t25-,26-,27-;/m0./s1. The molecule has 1 heterocycles. The molecule has 3 atom stereocenters. The van der Waals surface area contributed by atoms with Crippen molar-refractivity contribution >= 4 is 42.6 Å². The minimum Gasteiger partial charge on any atom is -0.480 e. The zero-order valence-electron chi connectivity index (χ0n) is 24.9. The van der Waals surface area contributed by atoms with Crippen LogP contribution in [0.5, 0.6) is 0 Å². The van der Waals surface area contributed by atoms with Crippen molar-refractivity contribution in [1.82, 2.24) is 20.9 Å². The van der Waals surface area contributed by atoms with Gasteiger partial charge in [-0.3, -0.25) is 19.3 Å². The molecule has 1 aliphatic rings. The van der Waals surface area contributed by atoms with E-state index in [9.17, 15) is 24.3 Å². The average Bonchev–Trinajstić information content (AvgIpc) is 2.95. The average molecular weight is 574 g/mol. The number of nitrogens with one attached hydrogen (secondary N) is 3. The van der Waals surface area contributed by atoms with Gasteiger partial charge in [-0.05, 0) is 36.3 Å². The van der Waals surface area contributed by atoms with Crippen LogP contribution in [0.25, 0.3) is 0 Å². The number of carboxylic acids is 1. The van der Waals surface area contributed by atoms with E-state index in [0.29, 0.717) is 45.6 Å². The fourth-order valence-corrected chi connectivity index (χ4v) is 4.72. The van der Waals surface area contributed by atoms with Crippen molar-refractivity contribution in [3.05, 3.63) is 71.8 Å². The molecule has 1 saturated heterocycles. The topological polar surface area (TPSA) is 137 Å². The molecule has 223 valence electrons. The quantitative estimate of drug-likeness (QED) is 0.237. The second-order valence-electron chi connectivity index (χ2n) is 10.8. The number of nitrogens with zero attached hydrogens (tertiary/aromatic N) is 1. The molecule has 42 heavy (non-hydrogen) atoms. The molecule has 0 aromatic heterocycles. The summed E-state index contributed by atoms with van der Waals surface area (Å²) >= 11 is 0. The van der Waals surface area contributed by atoms with Gasteiger partial charge in [0.2, 0.25) is 17.7 Å². The van der Waals surface area contributed by atoms with Crippen molar-refractivity contribution < 1.29 is 29.0 Å². The van der Waals surface area contributed by atoms with E-state index in [1.807, 2.05) is 55.1 Å². The van der Waals surface area contributed by atoms with Gasteiger partial charge in [-0.25, -0.2) is 4.79 Å². The van der Waals surface area contributed by atoms with Crippen LogP contribution >= 0.6 is 0 Å². The Balaban J connectivity index is 0.00000616. The number of carboxylic acid groups (broad SMARTS) is 1. The van der Waals surface area contributed by atoms with Gasteiger partial charge in [0, 0.05) is 38.4 Å². The summed E-state index contributed by atoms with van der Waals surface area (Å²) in [5.74, 6) is -2.45. The summed E-state index contributed by atoms with van der Waals surface area (Å²) in [6.07, 6.45) is 1.31. The van der Waals surface area contributed by atoms with Crippen molar-refractivity contribution in [2.24, 2.45) is 5.92 Å². The van der Waals surface area contributed by atoms with E-state index in [0.717, 1.165) is 11.1 Å². The second kappa shape index (κ2) is 18.4. The monoisotopic (exact) mass is 573 g/mol. The summed E-state index contributed by atoms with van der Waals surface area (Å²) in [5, 5.41) is 18.1. The van der Waals surface area contributed by atoms with Crippen molar-refractivity contribution in [3.63, 3.8) is 0 Å². The summed E-state index contributed by atoms with van der Waals surface area (Å²) in [5.41, 5.74) is 1.79. The molecular formula is C31H42LiN4O6. The number of amides is 3. The molecule has 1 radical (unpaired) electrons. The number of carbonyl (C=O) groups excluding carboxylic acids is 3. The van der Waals surface area contributed by atoms with Gasteiger partial charge in [-0.1, -0.05) is 74.5 Å². The first-order valence-electron chi connectivity index (χ1n) is 14.2. The van der Waals surface area contributed by atoms with Crippen LogP contribution in [0, 0.1) is 5.92 Å². The smallest absolute Gasteiger partial charge is 0.326 e. The molecule has 1 fully saturated rings. The van der Waals surface area contributed by atoms with E-state index in [4.69, 9.17) is 4.74 Å². The van der Waals surface area contributed by atoms with E-state index < -0.39 is 35.9 Å². The van der Waals surface area contributed by atoms with Crippen LogP contribution in [0.1, 0.15) is 37.8 Å². The Kier molecular flexibility index (Phi) is 15.3. The first kappa shape index (κ1) is 35.0. The largest absolute Gasteiger partial charge is 0.480 e. The number of benzene rings is 2. The fourth-order valence-electron chi connectivity index (χ4n) is 4.72. The molecule has 0 bridgehead atoms. The Morgan fingerprint density at radius 1 is 0.810 bits per heavy atom. The molecular weight excluding hydrogens is 531 g/mol. The molecule has 3 amide bonds. The van der Waals surface area contributed by atoms with Crippen LogP contribution in [0.4, 0.5) is 0 Å². The van der Waals surface area contributed by atoms with E-state index in [1.165, 1.54) is 0 Å². The van der Waals surface area contributed by atoms with Crippen LogP contribution in [-0.2, 0) is 36.8 Å². The molecule has 0 saturated carbocycles. The molecule has 0 spiro atoms. The molecule has 1 aliphatic heterocycles. The van der Waals surface area contributed by atoms with Crippen molar-refractivity contribution in [2.75, 3.05) is 32.8 Å². The number of hydrogen-bond donors (Lipinski definition) is 4. The van der Waals surface area contributed by atoms with Gasteiger partial charge in [0.05, 0.1) is 19.8 Å². The van der Waals surface area contributed by atoms with Crippen molar-refractivity contribution in [2.45, 2.75) is 57.7 Å². The number of morpholine rings is 1. The van der Waals surface area contributed by atoms with Crippen LogP contribution in [-0.4, -0.2) is 104 Å². The zero-order valence-corrected chi connectivity index (χ0v) is 24.9. The van der Waals surface area contributed by atoms with Gasteiger partial charge in [-0.15, -0.1) is 0 Å². The number of hydrogen-bond acceptors (Lipinski definition) is 6. The van der Waals surface area contributed by atoms with Gasteiger partial charge >= 0.3 is 5.97 Å². The normalized spacial score (nSPS) is 15.5. The van der Waals surface area contributed by atoms with Gasteiger partial charge < -0.3 is 25.8 Å². The summed E-state index contributed by atoms with van der Waals surface area (Å²) < 4.78 is 5.35. The summed E-state index contributed by atoms with van der Waals surface area (Å²) in [6.45, 7) is 6.37. The third kappa shape index (κ3) is 12.4. The number of aliphatic carboxylic acids is 1. The molecule has 0 unspecified atom stereocenters. The molecule has 11 heteroatoms. The summed E-state index contributed by atoms with van der Waals surface area (Å²) in [4.78, 5) is 53.7. The predicted molar refractivity (Wildman–Crippen MR) is 161 cm³/mol. The number of carbonyl (C=O) groups is 4. The van der Waals surface area contributed by atoms with Crippen LogP contribution in [0.15, 0.2) is 60.7 Å². The Labute approximate surface area is 260 Å². The molecule has 0 aliphatic carbocycles. The first-order chi connectivity index (χ1) is 19.7. The molecule has 2 aromatic rings. The van der Waals surface area contributed by atoms with E-state index in [1.54, 1.807) is 24.3 Å². The fraction of sp³-hybridized carbons (Fsp3) is 0.484. The van der Waals surface area contributed by atoms with E-state index in [-0.39, 0.29) is 43.7 Å². The van der Waals surface area contributed by atoms with Gasteiger partial charge in [-0.2, -0.15) is 0 Å². The summed E-state index contributed by atoms with van der Waals surface area (Å²) in [6, 6.07) is 15.7. The molecule has 2 aromatic carbocycles. The second-order valence-corrected chi connectivity index (χ2v) is 10.8. The number of ether oxygens (including phenoxy) is 1. The third-order valence-corrected chi connectivity index (χ3v) is 6.92. The van der Waals surface area contributed by atoms with Crippen molar-refractivity contribution in [3.8, 4) is 0 Å². The maximum atomic E-state index is 13.5. The Morgan fingerprint density at radius 2 is 1.36 bits per heavy atom. The van der Waals surface area contributed by atoms with Crippen LogP contribution < -0.4 is 16.0 Å². The van der Waals surface area contributed by atoms with Gasteiger partial charge in [0.1, 0.15) is 18.1 Å². The Bertz CT molecular complexity index is 1130. The zero-order chi connectivity index (χ0) is 29.6. The van der Waals surface area contributed by atoms with E-state index >= 15 is 0 Å². The third-order valence-electron chi connectivity index (χ3n) is 6.92. The first-order valence-corrected chi connectivity index (χ1v) is 14.2. The van der Waals surface area contributed by atoms with Gasteiger partial charge in [0.15, 0.2) is 0 Å².